The first kappa shape index (κ1) is 155. The minimum atomic E-state index is 0. The molecule has 0 aromatic rings. The van der Waals surface area contributed by atoms with Gasteiger partial charge in [-0.1, -0.05) is 0 Å². The van der Waals surface area contributed by atoms with Crippen LogP contribution in [0.3, 0.4) is 0 Å². The minimum absolute atomic E-state index is 0. The van der Waals surface area contributed by atoms with E-state index in [1.807, 2.05) is 0 Å². The van der Waals surface area contributed by atoms with Gasteiger partial charge < -0.3 is 86.8 Å². The molecule has 0 rings (SSSR count). The number of hydrogen-bond acceptors (Lipinski definition) is 0. The van der Waals surface area contributed by atoms with E-state index in [4.69, 9.17) is 0 Å². The normalized spacial score (nSPS) is 0. The van der Waals surface area contributed by atoms with Crippen molar-refractivity contribution < 1.29 is 86.8 Å². The number of rotatable bonds is 0. The maximum atomic E-state index is 0. The first-order valence-corrected chi connectivity index (χ1v) is 0. The van der Waals surface area contributed by atoms with Crippen molar-refractivity contribution in [3.8, 4) is 0 Å². The summed E-state index contributed by atoms with van der Waals surface area (Å²) < 4.78 is 0. The molecule has 0 aliphatic carbocycles. The largest absolute Gasteiger partial charge is 3.00 e. The van der Waals surface area contributed by atoms with E-state index in [1.165, 1.54) is 0 Å². The Labute approximate surface area is 120 Å². The van der Waals surface area contributed by atoms with Crippen LogP contribution in [0.25, 0.3) is 0 Å². The summed E-state index contributed by atoms with van der Waals surface area (Å²) in [5.74, 6) is 0. The van der Waals surface area contributed by atoms with Crippen LogP contribution in [-0.2, 0) is 0 Å². The molecule has 0 bridgehead atoms. The molecule has 0 amide bonds. The van der Waals surface area contributed by atoms with Gasteiger partial charge in [0.25, 0.3) is 0 Å². The quantitative estimate of drug-likeness (QED) is 0.390. The van der Waals surface area contributed by atoms with Crippen molar-refractivity contribution in [3.63, 3.8) is 0 Å². The van der Waals surface area contributed by atoms with Crippen molar-refractivity contribution in [2.45, 2.75) is 0 Å². The number of halogens is 7. The average Bonchev–Trinajstić information content (AvgIpc) is 0. The van der Waals surface area contributed by atoms with Gasteiger partial charge in [0.05, 0.1) is 0 Å². The Morgan fingerprint density at radius 2 is 0.222 bits per heavy atom. The van der Waals surface area contributed by atoms with Crippen LogP contribution in [0.1, 0.15) is 0 Å². The molecule has 0 atom stereocenters. The zero-order chi connectivity index (χ0) is 0. The predicted octanol–water partition coefficient (Wildman–Crippen LogP) is -21.7. The molecule has 0 saturated heterocycles. The Bertz CT molecular complexity index is 6.88. The first-order chi connectivity index (χ1) is 0. The third kappa shape index (κ3) is 95.8. The first-order valence-electron chi connectivity index (χ1n) is 0. The van der Waals surface area contributed by atoms with Crippen LogP contribution in [0.5, 0.6) is 0 Å². The minimum Gasteiger partial charge on any atom is -1.00 e. The number of hydrogen-bond donors (Lipinski definition) is 0. The Kier molecular flexibility index (Phi) is 2040. The van der Waals surface area contributed by atoms with E-state index in [-0.39, 0.29) is 122 Å². The van der Waals surface area contributed by atoms with Gasteiger partial charge in [-0.2, -0.15) is 0 Å². The smallest absolute Gasteiger partial charge is 1.00 e. The monoisotopic (exact) mass is 299 g/mol. The van der Waals surface area contributed by atoms with Gasteiger partial charge in [-0.25, -0.2) is 0 Å². The van der Waals surface area contributed by atoms with Crippen molar-refractivity contribution >= 4 is 34.7 Å². The standard InChI is InChI=1S/2Al.7ClH/h;;7*1H/q2*+3;;;;;;;/p-7. The summed E-state index contributed by atoms with van der Waals surface area (Å²) in [6.07, 6.45) is 0. The summed E-state index contributed by atoms with van der Waals surface area (Å²) in [4.78, 5) is 0. The van der Waals surface area contributed by atoms with Gasteiger partial charge in [0.15, 0.2) is 0 Å². The molecule has 0 N–H and O–H groups in total. The van der Waals surface area contributed by atoms with E-state index in [0.29, 0.717) is 0 Å². The van der Waals surface area contributed by atoms with Gasteiger partial charge in [-0.15, -0.1) is 0 Å². The maximum Gasteiger partial charge on any atom is 3.00 e. The molecule has 0 aliphatic rings. The fourth-order valence-corrected chi connectivity index (χ4v) is 0. The van der Waals surface area contributed by atoms with Crippen molar-refractivity contribution in [2.24, 2.45) is 0 Å². The summed E-state index contributed by atoms with van der Waals surface area (Å²) >= 11 is 0. The zero-order valence-corrected chi connectivity index (χ0v) is 11.4. The average molecular weight is 302 g/mol. The van der Waals surface area contributed by atoms with Crippen LogP contribution in [0.4, 0.5) is 0 Å². The summed E-state index contributed by atoms with van der Waals surface area (Å²) in [6.45, 7) is 0. The van der Waals surface area contributed by atoms with Crippen molar-refractivity contribution in [1.82, 2.24) is 0 Å². The van der Waals surface area contributed by atoms with Gasteiger partial charge >= 0.3 is 34.7 Å². The van der Waals surface area contributed by atoms with Crippen molar-refractivity contribution in [3.05, 3.63) is 0 Å². The molecule has 0 fully saturated rings. The SMILES string of the molecule is [Al+3].[Al+3].[Cl-].[Cl-].[Cl-].[Cl-].[Cl-].[Cl-].[Cl-]. The second kappa shape index (κ2) is 118. The van der Waals surface area contributed by atoms with E-state index >= 15 is 0 Å². The van der Waals surface area contributed by atoms with E-state index in [9.17, 15) is 0 Å². The molecule has 0 aromatic carbocycles. The molecule has 0 saturated carbocycles. The van der Waals surface area contributed by atoms with Crippen molar-refractivity contribution in [2.75, 3.05) is 0 Å². The predicted molar refractivity (Wildman–Crippen MR) is 11.5 cm³/mol. The van der Waals surface area contributed by atoms with Crippen LogP contribution < -0.4 is 86.8 Å². The molecule has 0 radical (unpaired) electrons. The van der Waals surface area contributed by atoms with Gasteiger partial charge in [0.1, 0.15) is 0 Å². The molecule has 0 aliphatic heterocycles. The molecule has 56 valence electrons. The molecular weight excluding hydrogens is 302 g/mol. The Hall–Kier alpha value is 3.09. The second-order valence-electron chi connectivity index (χ2n) is 0. The molecule has 9 heavy (non-hydrogen) atoms. The molecular formula is Al2Cl7-. The Balaban J connectivity index is 0. The van der Waals surface area contributed by atoms with Crippen LogP contribution >= 0.6 is 0 Å². The molecule has 0 aromatic heterocycles. The van der Waals surface area contributed by atoms with E-state index in [2.05, 4.69) is 0 Å². The Morgan fingerprint density at radius 1 is 0.222 bits per heavy atom. The fourth-order valence-electron chi connectivity index (χ4n) is 0. The second-order valence-corrected chi connectivity index (χ2v) is 0. The third-order valence-electron chi connectivity index (χ3n) is 0. The molecule has 0 heterocycles. The summed E-state index contributed by atoms with van der Waals surface area (Å²) in [6, 6.07) is 0. The van der Waals surface area contributed by atoms with Gasteiger partial charge in [0, 0.05) is 0 Å². The van der Waals surface area contributed by atoms with Crippen LogP contribution in [-0.4, -0.2) is 34.7 Å². The van der Waals surface area contributed by atoms with Gasteiger partial charge in [-0.05, 0) is 0 Å². The third-order valence-corrected chi connectivity index (χ3v) is 0. The molecule has 0 spiro atoms. The van der Waals surface area contributed by atoms with E-state index in [0.717, 1.165) is 0 Å². The van der Waals surface area contributed by atoms with Crippen molar-refractivity contribution in [1.29, 1.82) is 0 Å². The van der Waals surface area contributed by atoms with E-state index < -0.39 is 0 Å². The Morgan fingerprint density at radius 3 is 0.222 bits per heavy atom. The van der Waals surface area contributed by atoms with Gasteiger partial charge in [-0.3, -0.25) is 0 Å². The zero-order valence-electron chi connectivity index (χ0n) is 3.80. The molecule has 9 heteroatoms. The summed E-state index contributed by atoms with van der Waals surface area (Å²) in [5.41, 5.74) is 0. The molecule has 0 unspecified atom stereocenters. The van der Waals surface area contributed by atoms with Gasteiger partial charge in [0.2, 0.25) is 0 Å². The van der Waals surface area contributed by atoms with Crippen LogP contribution in [0, 0.1) is 0 Å². The molecule has 0 nitrogen and oxygen atoms in total. The topological polar surface area (TPSA) is 0 Å². The van der Waals surface area contributed by atoms with Crippen LogP contribution in [0.2, 0.25) is 0 Å². The maximum absolute atomic E-state index is 0. The van der Waals surface area contributed by atoms with Crippen LogP contribution in [0.15, 0.2) is 0 Å². The summed E-state index contributed by atoms with van der Waals surface area (Å²) in [5, 5.41) is 0. The summed E-state index contributed by atoms with van der Waals surface area (Å²) in [7, 11) is 0. The van der Waals surface area contributed by atoms with E-state index in [1.54, 1.807) is 0 Å². The fraction of sp³-hybridized carbons (Fsp3) is 0.